The van der Waals surface area contributed by atoms with E-state index in [0.717, 1.165) is 0 Å². The number of rotatable bonds is 5. The molecule has 0 spiro atoms. The zero-order valence-electron chi connectivity index (χ0n) is 10.9. The minimum Gasteiger partial charge on any atom is -0.611 e. The Hall–Kier alpha value is -1.98. The van der Waals surface area contributed by atoms with Crippen LogP contribution in [0.5, 0.6) is 11.5 Å². The number of hydrogen-bond acceptors (Lipinski definition) is 4. The maximum Gasteiger partial charge on any atom is 0.216 e. The van der Waals surface area contributed by atoms with Gasteiger partial charge in [-0.15, -0.1) is 0 Å². The summed E-state index contributed by atoms with van der Waals surface area (Å²) in [6.45, 7) is 0. The summed E-state index contributed by atoms with van der Waals surface area (Å²) in [4.78, 5) is 12.7. The van der Waals surface area contributed by atoms with Gasteiger partial charge in [-0.3, -0.25) is 4.79 Å². The second-order valence-corrected chi connectivity index (χ2v) is 5.56. The number of benzene rings is 2. The predicted octanol–water partition coefficient (Wildman–Crippen LogP) is 2.39. The lowest BCUT2D eigenvalue weighted by Gasteiger charge is -2.10. The summed E-state index contributed by atoms with van der Waals surface area (Å²) < 4.78 is 17.1. The third kappa shape index (κ3) is 3.31. The summed E-state index contributed by atoms with van der Waals surface area (Å²) >= 11 is -1.43. The van der Waals surface area contributed by atoms with Gasteiger partial charge in [0.1, 0.15) is 11.5 Å². The van der Waals surface area contributed by atoms with E-state index >= 15 is 0 Å². The number of carbonyl (C=O) groups is 1. The van der Waals surface area contributed by atoms with Crippen LogP contribution in [0.2, 0.25) is 0 Å². The van der Waals surface area contributed by atoms with Gasteiger partial charge in [0.15, 0.2) is 10.6 Å². The van der Waals surface area contributed by atoms with Crippen LogP contribution in [-0.2, 0) is 11.2 Å². The molecule has 5 heteroatoms. The molecule has 2 aromatic carbocycles. The van der Waals surface area contributed by atoms with Gasteiger partial charge in [-0.1, -0.05) is 18.2 Å². The van der Waals surface area contributed by atoms with Crippen LogP contribution in [0.1, 0.15) is 10.4 Å². The van der Waals surface area contributed by atoms with Gasteiger partial charge in [0.25, 0.3) is 0 Å². The number of Topliss-reactive ketones (excluding diaryl/α,β-unsaturated/α-hetero) is 1. The Balaban J connectivity index is 2.16. The van der Waals surface area contributed by atoms with Gasteiger partial charge in [0, 0.05) is 0 Å². The number of aromatic hydroxyl groups is 1. The molecule has 1 N–H and O–H groups in total. The lowest BCUT2D eigenvalue weighted by molar-refractivity contribution is 0.101. The molecule has 2 rings (SSSR count). The number of carbonyl (C=O) groups excluding carboxylic acids is 1. The maximum absolute atomic E-state index is 12.1. The Labute approximate surface area is 120 Å². The molecular formula is C15H14O4S. The minimum absolute atomic E-state index is 0.119. The molecule has 0 saturated heterocycles. The third-order valence-corrected chi connectivity index (χ3v) is 4.09. The summed E-state index contributed by atoms with van der Waals surface area (Å²) in [5.41, 5.74) is 0.119. The predicted molar refractivity (Wildman–Crippen MR) is 76.7 cm³/mol. The Morgan fingerprint density at radius 1 is 1.25 bits per heavy atom. The van der Waals surface area contributed by atoms with Crippen molar-refractivity contribution in [1.82, 2.24) is 0 Å². The minimum atomic E-state index is -1.43. The van der Waals surface area contributed by atoms with E-state index in [9.17, 15) is 14.5 Å². The first-order chi connectivity index (χ1) is 9.61. The number of phenolic OH excluding ortho intramolecular Hbond substituents is 1. The molecule has 104 valence electrons. The highest BCUT2D eigenvalue weighted by molar-refractivity contribution is 7.92. The molecular weight excluding hydrogens is 276 g/mol. The molecule has 4 nitrogen and oxygen atoms in total. The van der Waals surface area contributed by atoms with Gasteiger partial charge >= 0.3 is 0 Å². The van der Waals surface area contributed by atoms with Crippen molar-refractivity contribution in [3.05, 3.63) is 54.1 Å². The van der Waals surface area contributed by atoms with Crippen LogP contribution >= 0.6 is 0 Å². The van der Waals surface area contributed by atoms with E-state index in [1.807, 2.05) is 6.07 Å². The maximum atomic E-state index is 12.1. The van der Waals surface area contributed by atoms with Gasteiger partial charge in [0.05, 0.1) is 12.7 Å². The zero-order chi connectivity index (χ0) is 14.5. The molecule has 2 aromatic rings. The van der Waals surface area contributed by atoms with Crippen molar-refractivity contribution >= 4 is 17.0 Å². The van der Waals surface area contributed by atoms with Gasteiger partial charge in [-0.2, -0.15) is 0 Å². The quantitative estimate of drug-likeness (QED) is 0.678. The Kier molecular flexibility index (Phi) is 4.65. The van der Waals surface area contributed by atoms with E-state index in [0.29, 0.717) is 10.6 Å². The molecule has 0 amide bonds. The van der Waals surface area contributed by atoms with Gasteiger partial charge in [-0.05, 0) is 41.5 Å². The molecule has 20 heavy (non-hydrogen) atoms. The Bertz CT molecular complexity index is 598. The van der Waals surface area contributed by atoms with E-state index in [-0.39, 0.29) is 22.8 Å². The van der Waals surface area contributed by atoms with Crippen molar-refractivity contribution in [2.45, 2.75) is 4.90 Å². The molecule has 0 heterocycles. The highest BCUT2D eigenvalue weighted by Gasteiger charge is 2.20. The summed E-state index contributed by atoms with van der Waals surface area (Å²) in [5, 5.41) is 9.71. The fourth-order valence-corrected chi connectivity index (χ4v) is 2.74. The lowest BCUT2D eigenvalue weighted by Crippen LogP contribution is -2.16. The van der Waals surface area contributed by atoms with Crippen LogP contribution < -0.4 is 4.74 Å². The largest absolute Gasteiger partial charge is 0.611 e. The number of ether oxygens (including phenoxy) is 1. The number of ketones is 1. The normalized spacial score (nSPS) is 11.9. The summed E-state index contributed by atoms with van der Waals surface area (Å²) in [5.74, 6) is -0.230. The first kappa shape index (κ1) is 14.4. The highest BCUT2D eigenvalue weighted by Crippen LogP contribution is 2.24. The molecule has 1 atom stereocenters. The molecule has 0 aliphatic heterocycles. The van der Waals surface area contributed by atoms with E-state index in [4.69, 9.17) is 4.74 Å². The molecule has 1 unspecified atom stereocenters. The van der Waals surface area contributed by atoms with Crippen LogP contribution in [0.25, 0.3) is 0 Å². The number of phenols is 1. The van der Waals surface area contributed by atoms with Gasteiger partial charge < -0.3 is 14.4 Å². The zero-order valence-corrected chi connectivity index (χ0v) is 11.7. The molecule has 0 aliphatic carbocycles. The van der Waals surface area contributed by atoms with Crippen LogP contribution in [0, 0.1) is 0 Å². The summed E-state index contributed by atoms with van der Waals surface area (Å²) in [7, 11) is 1.47. The van der Waals surface area contributed by atoms with Crippen LogP contribution in [-0.4, -0.2) is 28.3 Å². The fraction of sp³-hybridized carbons (Fsp3) is 0.133. The first-order valence-corrected chi connectivity index (χ1v) is 7.27. The molecule has 0 fully saturated rings. The Morgan fingerprint density at radius 2 is 1.95 bits per heavy atom. The first-order valence-electron chi connectivity index (χ1n) is 5.95. The molecule has 0 saturated carbocycles. The highest BCUT2D eigenvalue weighted by atomic mass is 32.2. The summed E-state index contributed by atoms with van der Waals surface area (Å²) in [6.07, 6.45) is 0. The average Bonchev–Trinajstić information content (AvgIpc) is 2.48. The van der Waals surface area contributed by atoms with Crippen LogP contribution in [0.4, 0.5) is 0 Å². The number of hydrogen-bond donors (Lipinski definition) is 1. The summed E-state index contributed by atoms with van der Waals surface area (Å²) in [6, 6.07) is 13.1. The van der Waals surface area contributed by atoms with Crippen molar-refractivity contribution in [3.8, 4) is 11.5 Å². The lowest BCUT2D eigenvalue weighted by atomic mass is 10.1. The SMILES string of the molecule is COc1ccc(O)c(C(=O)C[S+]([O-])c2ccccc2)c1. The fourth-order valence-electron chi connectivity index (χ4n) is 1.72. The number of methoxy groups -OCH3 is 1. The van der Waals surface area contributed by atoms with E-state index in [1.54, 1.807) is 30.3 Å². The molecule has 0 bridgehead atoms. The topological polar surface area (TPSA) is 69.6 Å². The van der Waals surface area contributed by atoms with Crippen LogP contribution in [0.15, 0.2) is 53.4 Å². The van der Waals surface area contributed by atoms with Crippen LogP contribution in [0.3, 0.4) is 0 Å². The second-order valence-electron chi connectivity index (χ2n) is 4.11. The van der Waals surface area contributed by atoms with Crippen molar-refractivity contribution in [3.63, 3.8) is 0 Å². The van der Waals surface area contributed by atoms with Crippen molar-refractivity contribution in [2.75, 3.05) is 12.9 Å². The monoisotopic (exact) mass is 290 g/mol. The van der Waals surface area contributed by atoms with Crippen molar-refractivity contribution < 1.29 is 19.2 Å². The smallest absolute Gasteiger partial charge is 0.216 e. The third-order valence-electron chi connectivity index (χ3n) is 2.77. The second kappa shape index (κ2) is 6.45. The molecule has 0 aromatic heterocycles. The van der Waals surface area contributed by atoms with E-state index in [2.05, 4.69) is 0 Å². The Morgan fingerprint density at radius 3 is 2.60 bits per heavy atom. The van der Waals surface area contributed by atoms with E-state index in [1.165, 1.54) is 19.2 Å². The van der Waals surface area contributed by atoms with Crippen molar-refractivity contribution in [1.29, 1.82) is 0 Å². The van der Waals surface area contributed by atoms with Gasteiger partial charge in [-0.25, -0.2) is 0 Å². The standard InChI is InChI=1S/C15H14O4S/c1-19-11-7-8-14(16)13(9-11)15(17)10-20(18)12-5-3-2-4-6-12/h2-9,16H,10H2,1H3. The van der Waals surface area contributed by atoms with Crippen molar-refractivity contribution in [2.24, 2.45) is 0 Å². The van der Waals surface area contributed by atoms with E-state index < -0.39 is 11.2 Å². The van der Waals surface area contributed by atoms with Gasteiger partial charge in [0.2, 0.25) is 5.78 Å². The average molecular weight is 290 g/mol. The molecule has 0 radical (unpaired) electrons. The molecule has 0 aliphatic rings.